The standard InChI is InChI=1S/C17H24N4O2S2/c1-17(2,3)12-5-7-13(8-6-12)19-14(22)11-24-16-21-20-15(25-16)18-9-10-23-4/h5-8H,9-11H2,1-4H3,(H,18,20)(H,19,22). The normalized spacial score (nSPS) is 11.4. The molecule has 1 heterocycles. The molecule has 0 atom stereocenters. The Bertz CT molecular complexity index is 681. The molecule has 0 aliphatic rings. The first-order valence-corrected chi connectivity index (χ1v) is 9.78. The van der Waals surface area contributed by atoms with Crippen LogP contribution in [-0.4, -0.2) is 42.1 Å². The molecular weight excluding hydrogens is 356 g/mol. The van der Waals surface area contributed by atoms with E-state index in [-0.39, 0.29) is 11.3 Å². The SMILES string of the molecule is COCCNc1nnc(SCC(=O)Nc2ccc(C(C)(C)C)cc2)s1. The predicted octanol–water partition coefficient (Wildman–Crippen LogP) is 3.62. The van der Waals surface area contributed by atoms with Gasteiger partial charge in [-0.2, -0.15) is 0 Å². The van der Waals surface area contributed by atoms with E-state index in [0.717, 1.165) is 15.2 Å². The molecule has 0 fully saturated rings. The summed E-state index contributed by atoms with van der Waals surface area (Å²) in [7, 11) is 1.65. The first-order chi connectivity index (χ1) is 11.9. The second kappa shape index (κ2) is 9.17. The summed E-state index contributed by atoms with van der Waals surface area (Å²) in [6.45, 7) is 7.78. The van der Waals surface area contributed by atoms with E-state index >= 15 is 0 Å². The van der Waals surface area contributed by atoms with Crippen molar-refractivity contribution in [3.05, 3.63) is 29.8 Å². The summed E-state index contributed by atoms with van der Waals surface area (Å²) >= 11 is 2.81. The number of hydrogen-bond acceptors (Lipinski definition) is 7. The molecule has 1 aromatic carbocycles. The van der Waals surface area contributed by atoms with Crippen LogP contribution >= 0.6 is 23.1 Å². The van der Waals surface area contributed by atoms with Gasteiger partial charge in [-0.3, -0.25) is 4.79 Å². The third kappa shape index (κ3) is 6.64. The number of anilines is 2. The number of benzene rings is 1. The number of aromatic nitrogens is 2. The van der Waals surface area contributed by atoms with Crippen LogP contribution in [0.25, 0.3) is 0 Å². The molecule has 136 valence electrons. The van der Waals surface area contributed by atoms with Gasteiger partial charge in [0.2, 0.25) is 11.0 Å². The fourth-order valence-corrected chi connectivity index (χ4v) is 3.55. The molecule has 1 amide bonds. The van der Waals surface area contributed by atoms with Crippen molar-refractivity contribution in [1.82, 2.24) is 10.2 Å². The summed E-state index contributed by atoms with van der Waals surface area (Å²) in [6, 6.07) is 7.97. The van der Waals surface area contributed by atoms with Gasteiger partial charge in [0.15, 0.2) is 4.34 Å². The van der Waals surface area contributed by atoms with Gasteiger partial charge >= 0.3 is 0 Å². The molecule has 0 unspecified atom stereocenters. The molecule has 0 aliphatic heterocycles. The monoisotopic (exact) mass is 380 g/mol. The lowest BCUT2D eigenvalue weighted by molar-refractivity contribution is -0.113. The number of amides is 1. The molecular formula is C17H24N4O2S2. The van der Waals surface area contributed by atoms with E-state index in [4.69, 9.17) is 4.74 Å². The zero-order chi connectivity index (χ0) is 18.3. The van der Waals surface area contributed by atoms with Crippen LogP contribution in [0.2, 0.25) is 0 Å². The van der Waals surface area contributed by atoms with Gasteiger partial charge in [0.25, 0.3) is 0 Å². The number of nitrogens with one attached hydrogen (secondary N) is 2. The second-order valence-corrected chi connectivity index (χ2v) is 8.66. The first-order valence-electron chi connectivity index (χ1n) is 7.98. The summed E-state index contributed by atoms with van der Waals surface area (Å²) in [4.78, 5) is 12.1. The van der Waals surface area contributed by atoms with Crippen molar-refractivity contribution in [3.8, 4) is 0 Å². The Kier molecular flexibility index (Phi) is 7.22. The van der Waals surface area contributed by atoms with E-state index in [9.17, 15) is 4.79 Å². The third-order valence-corrected chi connectivity index (χ3v) is 5.36. The van der Waals surface area contributed by atoms with Crippen molar-refractivity contribution in [3.63, 3.8) is 0 Å². The molecule has 2 aromatic rings. The van der Waals surface area contributed by atoms with Gasteiger partial charge in [0.1, 0.15) is 0 Å². The molecule has 0 aliphatic carbocycles. The molecule has 0 saturated carbocycles. The Morgan fingerprint density at radius 3 is 2.60 bits per heavy atom. The smallest absolute Gasteiger partial charge is 0.234 e. The van der Waals surface area contributed by atoms with Crippen molar-refractivity contribution < 1.29 is 9.53 Å². The number of rotatable bonds is 8. The lowest BCUT2D eigenvalue weighted by Crippen LogP contribution is -2.15. The van der Waals surface area contributed by atoms with E-state index < -0.39 is 0 Å². The van der Waals surface area contributed by atoms with Crippen molar-refractivity contribution in [2.24, 2.45) is 0 Å². The lowest BCUT2D eigenvalue weighted by Gasteiger charge is -2.19. The van der Waals surface area contributed by atoms with Crippen LogP contribution in [0.3, 0.4) is 0 Å². The minimum absolute atomic E-state index is 0.0578. The number of hydrogen-bond donors (Lipinski definition) is 2. The summed E-state index contributed by atoms with van der Waals surface area (Å²) in [5, 5.41) is 14.8. The zero-order valence-electron chi connectivity index (χ0n) is 15.0. The Hall–Kier alpha value is -1.64. The van der Waals surface area contributed by atoms with Crippen molar-refractivity contribution in [2.75, 3.05) is 36.6 Å². The molecule has 6 nitrogen and oxygen atoms in total. The highest BCUT2D eigenvalue weighted by Gasteiger charge is 2.13. The molecule has 0 spiro atoms. The van der Waals surface area contributed by atoms with Crippen LogP contribution in [0.15, 0.2) is 28.6 Å². The predicted molar refractivity (Wildman–Crippen MR) is 105 cm³/mol. The topological polar surface area (TPSA) is 76.1 Å². The molecule has 0 radical (unpaired) electrons. The van der Waals surface area contributed by atoms with Crippen LogP contribution in [0.1, 0.15) is 26.3 Å². The molecule has 0 bridgehead atoms. The van der Waals surface area contributed by atoms with Gasteiger partial charge in [-0.1, -0.05) is 56.0 Å². The van der Waals surface area contributed by atoms with E-state index in [1.165, 1.54) is 28.7 Å². The summed E-state index contributed by atoms with van der Waals surface area (Å²) < 4.78 is 5.73. The average Bonchev–Trinajstić information content (AvgIpc) is 3.01. The quantitative estimate of drug-likeness (QED) is 0.538. The number of methoxy groups -OCH3 is 1. The molecule has 1 aromatic heterocycles. The average molecular weight is 381 g/mol. The van der Waals surface area contributed by atoms with Crippen LogP contribution in [0, 0.1) is 0 Å². The van der Waals surface area contributed by atoms with E-state index in [0.29, 0.717) is 18.9 Å². The number of nitrogens with zero attached hydrogens (tertiary/aromatic N) is 2. The van der Waals surface area contributed by atoms with Crippen LogP contribution in [-0.2, 0) is 14.9 Å². The van der Waals surface area contributed by atoms with Crippen molar-refractivity contribution in [2.45, 2.75) is 30.5 Å². The van der Waals surface area contributed by atoms with Crippen molar-refractivity contribution >= 4 is 39.8 Å². The molecule has 2 rings (SSSR count). The Labute approximate surface area is 156 Å². The fourth-order valence-electron chi connectivity index (χ4n) is 1.98. The first kappa shape index (κ1) is 19.7. The number of ether oxygens (including phenoxy) is 1. The minimum Gasteiger partial charge on any atom is -0.383 e. The summed E-state index contributed by atoms with van der Waals surface area (Å²) in [6.07, 6.45) is 0. The zero-order valence-corrected chi connectivity index (χ0v) is 16.6. The van der Waals surface area contributed by atoms with Gasteiger partial charge < -0.3 is 15.4 Å². The third-order valence-electron chi connectivity index (χ3n) is 3.35. The van der Waals surface area contributed by atoms with E-state index in [2.05, 4.69) is 41.6 Å². The highest BCUT2D eigenvalue weighted by atomic mass is 32.2. The van der Waals surface area contributed by atoms with E-state index in [1.807, 2.05) is 24.3 Å². The molecule has 2 N–H and O–H groups in total. The number of carbonyl (C=O) groups excluding carboxylic acids is 1. The second-order valence-electron chi connectivity index (χ2n) is 6.46. The van der Waals surface area contributed by atoms with Gasteiger partial charge in [-0.05, 0) is 23.1 Å². The van der Waals surface area contributed by atoms with Crippen LogP contribution < -0.4 is 10.6 Å². The van der Waals surface area contributed by atoms with Gasteiger partial charge in [-0.25, -0.2) is 0 Å². The Balaban J connectivity index is 1.79. The molecule has 0 saturated heterocycles. The highest BCUT2D eigenvalue weighted by Crippen LogP contribution is 2.26. The van der Waals surface area contributed by atoms with Crippen LogP contribution in [0.4, 0.5) is 10.8 Å². The number of carbonyl (C=O) groups is 1. The maximum absolute atomic E-state index is 12.1. The van der Waals surface area contributed by atoms with Gasteiger partial charge in [-0.15, -0.1) is 10.2 Å². The lowest BCUT2D eigenvalue weighted by atomic mass is 9.87. The fraction of sp³-hybridized carbons (Fsp3) is 0.471. The van der Waals surface area contributed by atoms with Gasteiger partial charge in [0.05, 0.1) is 12.4 Å². The van der Waals surface area contributed by atoms with E-state index in [1.54, 1.807) is 7.11 Å². The minimum atomic E-state index is -0.0578. The largest absolute Gasteiger partial charge is 0.383 e. The number of thioether (sulfide) groups is 1. The van der Waals surface area contributed by atoms with Crippen molar-refractivity contribution in [1.29, 1.82) is 0 Å². The summed E-state index contributed by atoms with van der Waals surface area (Å²) in [5.74, 6) is 0.242. The molecule has 8 heteroatoms. The summed E-state index contributed by atoms with van der Waals surface area (Å²) in [5.41, 5.74) is 2.14. The maximum atomic E-state index is 12.1. The highest BCUT2D eigenvalue weighted by molar-refractivity contribution is 8.01. The van der Waals surface area contributed by atoms with Gasteiger partial charge in [0, 0.05) is 19.3 Å². The molecule has 25 heavy (non-hydrogen) atoms. The maximum Gasteiger partial charge on any atom is 0.234 e. The Morgan fingerprint density at radius 1 is 1.24 bits per heavy atom. The Morgan fingerprint density at radius 2 is 1.96 bits per heavy atom. The van der Waals surface area contributed by atoms with Crippen LogP contribution in [0.5, 0.6) is 0 Å².